The number of hydrogen-bond donors (Lipinski definition) is 4. The Morgan fingerprint density at radius 1 is 1.17 bits per heavy atom. The molecule has 0 radical (unpaired) electrons. The van der Waals surface area contributed by atoms with Crippen LogP contribution in [0.15, 0.2) is 30.3 Å². The molecule has 0 atom stereocenters. The summed E-state index contributed by atoms with van der Waals surface area (Å²) in [5.41, 5.74) is 13.7. The zero-order valence-corrected chi connectivity index (χ0v) is 9.87. The van der Waals surface area contributed by atoms with Gasteiger partial charge in [-0.3, -0.25) is 0 Å². The van der Waals surface area contributed by atoms with E-state index in [1.807, 2.05) is 0 Å². The van der Waals surface area contributed by atoms with Crippen molar-refractivity contribution in [2.45, 2.75) is 6.92 Å². The molecule has 0 unspecified atom stereocenters. The summed E-state index contributed by atoms with van der Waals surface area (Å²) in [4.78, 5) is 0. The Morgan fingerprint density at radius 2 is 1.78 bits per heavy atom. The lowest BCUT2D eigenvalue weighted by Crippen LogP contribution is -2.01. The quantitative estimate of drug-likeness (QED) is 0.485. The Hall–Kier alpha value is -2.43. The van der Waals surface area contributed by atoms with Crippen LogP contribution in [0.1, 0.15) is 5.56 Å². The van der Waals surface area contributed by atoms with Gasteiger partial charge in [0.1, 0.15) is 0 Å². The predicted octanol–water partition coefficient (Wildman–Crippen LogP) is 2.75. The number of benzene rings is 2. The molecule has 2 aromatic rings. The standard InChI is InChI=1S/C13H14FN3O/c1-7-12(14)11(18)6-10(13(7)16)17-9-4-2-8(15)3-5-9/h2-6,17-18H,15-16H2,1H3. The number of anilines is 4. The first-order valence-electron chi connectivity index (χ1n) is 5.39. The molecular weight excluding hydrogens is 233 g/mol. The van der Waals surface area contributed by atoms with Crippen molar-refractivity contribution in [2.24, 2.45) is 0 Å². The molecule has 0 fully saturated rings. The average Bonchev–Trinajstić information content (AvgIpc) is 2.36. The van der Waals surface area contributed by atoms with E-state index in [9.17, 15) is 9.50 Å². The Balaban J connectivity index is 2.38. The summed E-state index contributed by atoms with van der Waals surface area (Å²) < 4.78 is 13.4. The van der Waals surface area contributed by atoms with E-state index in [2.05, 4.69) is 5.32 Å². The third-order valence-corrected chi connectivity index (χ3v) is 2.72. The molecule has 0 aliphatic carbocycles. The SMILES string of the molecule is Cc1c(N)c(Nc2ccc(N)cc2)cc(O)c1F. The number of nitrogens with two attached hydrogens (primary N) is 2. The molecule has 4 nitrogen and oxygen atoms in total. The van der Waals surface area contributed by atoms with Gasteiger partial charge in [-0.15, -0.1) is 0 Å². The number of nitrogens with one attached hydrogen (secondary N) is 1. The van der Waals surface area contributed by atoms with E-state index in [1.54, 1.807) is 24.3 Å². The van der Waals surface area contributed by atoms with Gasteiger partial charge < -0.3 is 21.9 Å². The van der Waals surface area contributed by atoms with Crippen LogP contribution in [0.4, 0.5) is 27.1 Å². The number of halogens is 1. The fourth-order valence-electron chi connectivity index (χ4n) is 1.62. The molecule has 2 rings (SSSR count). The molecule has 0 spiro atoms. The fraction of sp³-hybridized carbons (Fsp3) is 0.0769. The fourth-order valence-corrected chi connectivity index (χ4v) is 1.62. The topological polar surface area (TPSA) is 84.3 Å². The van der Waals surface area contributed by atoms with E-state index in [-0.39, 0.29) is 11.3 Å². The number of hydrogen-bond acceptors (Lipinski definition) is 4. The second kappa shape index (κ2) is 4.44. The maximum atomic E-state index is 13.4. The number of rotatable bonds is 2. The minimum absolute atomic E-state index is 0.216. The lowest BCUT2D eigenvalue weighted by atomic mass is 10.1. The average molecular weight is 247 g/mol. The van der Waals surface area contributed by atoms with Crippen LogP contribution in [0, 0.1) is 12.7 Å². The van der Waals surface area contributed by atoms with Crippen LogP contribution in [0.3, 0.4) is 0 Å². The molecule has 0 saturated heterocycles. The van der Waals surface area contributed by atoms with E-state index in [0.29, 0.717) is 11.4 Å². The van der Waals surface area contributed by atoms with Crippen molar-refractivity contribution in [3.63, 3.8) is 0 Å². The van der Waals surface area contributed by atoms with Crippen molar-refractivity contribution in [2.75, 3.05) is 16.8 Å². The normalized spacial score (nSPS) is 10.3. The summed E-state index contributed by atoms with van der Waals surface area (Å²) in [7, 11) is 0. The van der Waals surface area contributed by atoms with Gasteiger partial charge in [0.15, 0.2) is 11.6 Å². The molecular formula is C13H14FN3O. The monoisotopic (exact) mass is 247 g/mol. The van der Waals surface area contributed by atoms with Crippen molar-refractivity contribution in [1.82, 2.24) is 0 Å². The van der Waals surface area contributed by atoms with Crippen LogP contribution in [0.2, 0.25) is 0 Å². The van der Waals surface area contributed by atoms with Crippen LogP contribution >= 0.6 is 0 Å². The Labute approximate surface area is 104 Å². The van der Waals surface area contributed by atoms with Gasteiger partial charge in [-0.25, -0.2) is 4.39 Å². The van der Waals surface area contributed by atoms with Gasteiger partial charge in [-0.05, 0) is 31.2 Å². The molecule has 0 bridgehead atoms. The zero-order chi connectivity index (χ0) is 13.3. The highest BCUT2D eigenvalue weighted by Crippen LogP contribution is 2.33. The van der Waals surface area contributed by atoms with E-state index in [0.717, 1.165) is 5.69 Å². The lowest BCUT2D eigenvalue weighted by molar-refractivity contribution is 0.431. The third-order valence-electron chi connectivity index (χ3n) is 2.72. The summed E-state index contributed by atoms with van der Waals surface area (Å²) in [6.07, 6.45) is 0. The second-order valence-electron chi connectivity index (χ2n) is 4.04. The van der Waals surface area contributed by atoms with Gasteiger partial charge >= 0.3 is 0 Å². The number of aromatic hydroxyl groups is 1. The highest BCUT2D eigenvalue weighted by Gasteiger charge is 2.12. The lowest BCUT2D eigenvalue weighted by Gasteiger charge is -2.13. The molecule has 5 heteroatoms. The Bertz CT molecular complexity index is 582. The summed E-state index contributed by atoms with van der Waals surface area (Å²) in [5.74, 6) is -1.13. The molecule has 0 aliphatic heterocycles. The molecule has 6 N–H and O–H groups in total. The first kappa shape index (κ1) is 12.0. The molecule has 0 amide bonds. The van der Waals surface area contributed by atoms with E-state index in [1.165, 1.54) is 13.0 Å². The summed E-state index contributed by atoms with van der Waals surface area (Å²) in [6.45, 7) is 1.51. The van der Waals surface area contributed by atoms with Gasteiger partial charge in [-0.1, -0.05) is 0 Å². The van der Waals surface area contributed by atoms with E-state index >= 15 is 0 Å². The zero-order valence-electron chi connectivity index (χ0n) is 9.87. The highest BCUT2D eigenvalue weighted by atomic mass is 19.1. The number of nitrogen functional groups attached to an aromatic ring is 2. The first-order valence-corrected chi connectivity index (χ1v) is 5.39. The van der Waals surface area contributed by atoms with Gasteiger partial charge in [0.25, 0.3) is 0 Å². The number of phenolic OH excluding ortho intramolecular Hbond substituents is 1. The molecule has 0 aromatic heterocycles. The van der Waals surface area contributed by atoms with Gasteiger partial charge in [0.05, 0.1) is 11.4 Å². The van der Waals surface area contributed by atoms with Crippen LogP contribution in [0.5, 0.6) is 5.75 Å². The molecule has 2 aromatic carbocycles. The molecule has 0 heterocycles. The molecule has 94 valence electrons. The highest BCUT2D eigenvalue weighted by molar-refractivity contribution is 5.77. The summed E-state index contributed by atoms with van der Waals surface area (Å²) in [5, 5.41) is 12.4. The Morgan fingerprint density at radius 3 is 2.39 bits per heavy atom. The van der Waals surface area contributed by atoms with Crippen LogP contribution in [-0.4, -0.2) is 5.11 Å². The predicted molar refractivity (Wildman–Crippen MR) is 71.4 cm³/mol. The van der Waals surface area contributed by atoms with Gasteiger partial charge in [0.2, 0.25) is 0 Å². The minimum Gasteiger partial charge on any atom is -0.505 e. The van der Waals surface area contributed by atoms with Crippen LogP contribution in [0.25, 0.3) is 0 Å². The van der Waals surface area contributed by atoms with Crippen LogP contribution < -0.4 is 16.8 Å². The van der Waals surface area contributed by atoms with Crippen molar-refractivity contribution < 1.29 is 9.50 Å². The molecule has 18 heavy (non-hydrogen) atoms. The van der Waals surface area contributed by atoms with E-state index in [4.69, 9.17) is 11.5 Å². The molecule has 0 saturated carbocycles. The maximum Gasteiger partial charge on any atom is 0.169 e. The van der Waals surface area contributed by atoms with Crippen molar-refractivity contribution in [3.05, 3.63) is 41.7 Å². The first-order chi connectivity index (χ1) is 8.49. The summed E-state index contributed by atoms with van der Waals surface area (Å²) >= 11 is 0. The summed E-state index contributed by atoms with van der Waals surface area (Å²) in [6, 6.07) is 8.26. The smallest absolute Gasteiger partial charge is 0.169 e. The van der Waals surface area contributed by atoms with Crippen molar-refractivity contribution in [3.8, 4) is 5.75 Å². The van der Waals surface area contributed by atoms with E-state index < -0.39 is 11.6 Å². The van der Waals surface area contributed by atoms with Crippen molar-refractivity contribution in [1.29, 1.82) is 0 Å². The van der Waals surface area contributed by atoms with Crippen LogP contribution in [-0.2, 0) is 0 Å². The largest absolute Gasteiger partial charge is 0.505 e. The second-order valence-corrected chi connectivity index (χ2v) is 4.04. The van der Waals surface area contributed by atoms with Gasteiger partial charge in [0, 0.05) is 23.0 Å². The maximum absolute atomic E-state index is 13.4. The minimum atomic E-state index is -0.699. The Kier molecular flexibility index (Phi) is 2.97. The van der Waals surface area contributed by atoms with Crippen molar-refractivity contribution >= 4 is 22.7 Å². The molecule has 0 aliphatic rings. The number of phenols is 1. The van der Waals surface area contributed by atoms with Gasteiger partial charge in [-0.2, -0.15) is 0 Å². The third kappa shape index (κ3) is 2.15.